The maximum atomic E-state index is 11.9. The van der Waals surface area contributed by atoms with Crippen LogP contribution in [0.25, 0.3) is 0 Å². The Bertz CT molecular complexity index is 211. The molecule has 2 heteroatoms. The first-order valence-electron chi connectivity index (χ1n) is 6.57. The summed E-state index contributed by atoms with van der Waals surface area (Å²) in [5, 5.41) is 0. The molecule has 1 unspecified atom stereocenters. The predicted octanol–water partition coefficient (Wildman–Crippen LogP) is 4.18. The molecule has 0 saturated carbocycles. The van der Waals surface area contributed by atoms with Crippen LogP contribution in [-0.2, 0) is 9.53 Å². The molecule has 0 aromatic heterocycles. The summed E-state index contributed by atoms with van der Waals surface area (Å²) in [4.78, 5) is 11.9. The van der Waals surface area contributed by atoms with Crippen molar-refractivity contribution in [2.75, 3.05) is 0 Å². The Labute approximate surface area is 101 Å². The summed E-state index contributed by atoms with van der Waals surface area (Å²) in [5.74, 6) is -0.0538. The van der Waals surface area contributed by atoms with Crippen molar-refractivity contribution in [3.63, 3.8) is 0 Å². The zero-order valence-corrected chi connectivity index (χ0v) is 11.8. The number of carbonyl (C=O) groups excluding carboxylic acids is 1. The first kappa shape index (κ1) is 15.5. The highest BCUT2D eigenvalue weighted by molar-refractivity contribution is 5.73. The molecule has 0 heterocycles. The van der Waals surface area contributed by atoms with Crippen LogP contribution < -0.4 is 0 Å². The summed E-state index contributed by atoms with van der Waals surface area (Å²) in [7, 11) is 0. The highest BCUT2D eigenvalue weighted by atomic mass is 16.5. The summed E-state index contributed by atoms with van der Waals surface area (Å²) in [5.41, 5.74) is 0.0853. The third-order valence-corrected chi connectivity index (χ3v) is 3.66. The minimum Gasteiger partial charge on any atom is -0.463 e. The van der Waals surface area contributed by atoms with Gasteiger partial charge in [0.25, 0.3) is 0 Å². The van der Waals surface area contributed by atoms with Gasteiger partial charge in [0, 0.05) is 0 Å². The van der Waals surface area contributed by atoms with E-state index in [0.717, 1.165) is 12.8 Å². The molecular formula is C14H28O2. The van der Waals surface area contributed by atoms with Gasteiger partial charge in [-0.2, -0.15) is 0 Å². The lowest BCUT2D eigenvalue weighted by Crippen LogP contribution is -2.33. The topological polar surface area (TPSA) is 26.3 Å². The third-order valence-electron chi connectivity index (χ3n) is 3.66. The van der Waals surface area contributed by atoms with Gasteiger partial charge in [-0.15, -0.1) is 0 Å². The number of hydrogen-bond donors (Lipinski definition) is 0. The van der Waals surface area contributed by atoms with Crippen molar-refractivity contribution in [3.8, 4) is 0 Å². The van der Waals surface area contributed by atoms with Crippen LogP contribution in [0.1, 0.15) is 67.2 Å². The van der Waals surface area contributed by atoms with Crippen molar-refractivity contribution < 1.29 is 9.53 Å². The zero-order chi connectivity index (χ0) is 12.8. The van der Waals surface area contributed by atoms with E-state index in [4.69, 9.17) is 4.74 Å². The highest BCUT2D eigenvalue weighted by Gasteiger charge is 2.34. The summed E-state index contributed by atoms with van der Waals surface area (Å²) in [6.45, 7) is 12.4. The molecule has 0 saturated heterocycles. The lowest BCUT2D eigenvalue weighted by Gasteiger charge is -2.33. The molecule has 0 aromatic rings. The van der Waals surface area contributed by atoms with Crippen molar-refractivity contribution in [2.45, 2.75) is 73.3 Å². The van der Waals surface area contributed by atoms with Gasteiger partial charge < -0.3 is 4.74 Å². The Balaban J connectivity index is 4.49. The summed E-state index contributed by atoms with van der Waals surface area (Å²) in [6, 6.07) is 0. The lowest BCUT2D eigenvalue weighted by molar-refractivity contribution is -0.156. The molecule has 0 aliphatic heterocycles. The maximum absolute atomic E-state index is 11.9. The quantitative estimate of drug-likeness (QED) is 0.611. The van der Waals surface area contributed by atoms with Crippen molar-refractivity contribution in [3.05, 3.63) is 0 Å². The van der Waals surface area contributed by atoms with Crippen LogP contribution in [0.5, 0.6) is 0 Å². The van der Waals surface area contributed by atoms with E-state index < -0.39 is 0 Å². The number of carbonyl (C=O) groups is 1. The first-order valence-corrected chi connectivity index (χ1v) is 6.57. The minimum atomic E-state index is -0.0459. The van der Waals surface area contributed by atoms with E-state index in [2.05, 4.69) is 20.8 Å². The fourth-order valence-electron chi connectivity index (χ4n) is 1.90. The molecule has 0 fully saturated rings. The van der Waals surface area contributed by atoms with Crippen molar-refractivity contribution in [1.82, 2.24) is 0 Å². The van der Waals surface area contributed by atoms with Gasteiger partial charge in [0.15, 0.2) is 0 Å². The molecule has 0 aromatic carbocycles. The second-order valence-corrected chi connectivity index (χ2v) is 5.32. The van der Waals surface area contributed by atoms with Crippen LogP contribution in [0.3, 0.4) is 0 Å². The Hall–Kier alpha value is -0.530. The summed E-state index contributed by atoms with van der Waals surface area (Å²) < 4.78 is 5.30. The van der Waals surface area contributed by atoms with Crippen LogP contribution in [0, 0.1) is 11.3 Å². The molecule has 2 nitrogen and oxygen atoms in total. The van der Waals surface area contributed by atoms with E-state index in [9.17, 15) is 4.79 Å². The van der Waals surface area contributed by atoms with Gasteiger partial charge in [-0.25, -0.2) is 0 Å². The fraction of sp³-hybridized carbons (Fsp3) is 0.929. The molecule has 0 aliphatic rings. The molecule has 0 bridgehead atoms. The summed E-state index contributed by atoms with van der Waals surface area (Å²) in [6.07, 6.45) is 4.49. The Morgan fingerprint density at radius 3 is 2.19 bits per heavy atom. The van der Waals surface area contributed by atoms with E-state index in [1.165, 1.54) is 12.8 Å². The van der Waals surface area contributed by atoms with Gasteiger partial charge >= 0.3 is 5.97 Å². The molecule has 0 N–H and O–H groups in total. The normalized spacial score (nSPS) is 16.9. The molecule has 16 heavy (non-hydrogen) atoms. The molecular weight excluding hydrogens is 200 g/mol. The Morgan fingerprint density at radius 1 is 1.25 bits per heavy atom. The van der Waals surface area contributed by atoms with E-state index in [1.54, 1.807) is 0 Å². The third kappa shape index (κ3) is 4.54. The van der Waals surface area contributed by atoms with Gasteiger partial charge in [0.05, 0.1) is 12.0 Å². The van der Waals surface area contributed by atoms with Gasteiger partial charge in [0.2, 0.25) is 0 Å². The van der Waals surface area contributed by atoms with Crippen molar-refractivity contribution in [1.29, 1.82) is 0 Å². The Morgan fingerprint density at radius 2 is 1.81 bits per heavy atom. The first-order chi connectivity index (χ1) is 7.37. The smallest absolute Gasteiger partial charge is 0.309 e. The number of rotatable bonds is 7. The van der Waals surface area contributed by atoms with Gasteiger partial charge in [-0.3, -0.25) is 4.79 Å². The molecule has 0 radical (unpaired) electrons. The minimum absolute atomic E-state index is 0.00792. The van der Waals surface area contributed by atoms with Crippen LogP contribution in [0.15, 0.2) is 0 Å². The number of hydrogen-bond acceptors (Lipinski definition) is 2. The average molecular weight is 228 g/mol. The standard InChI is InChI=1S/C14H28O2/c1-7-9-10-14(6,8-2)12(5)13(15)16-11(3)4/h11-12H,7-10H2,1-6H3/t12-,14?/m0/s1. The predicted molar refractivity (Wildman–Crippen MR) is 68.3 cm³/mol. The second-order valence-electron chi connectivity index (χ2n) is 5.32. The van der Waals surface area contributed by atoms with E-state index in [0.29, 0.717) is 0 Å². The lowest BCUT2D eigenvalue weighted by atomic mass is 9.72. The number of esters is 1. The zero-order valence-electron chi connectivity index (χ0n) is 11.8. The van der Waals surface area contributed by atoms with Gasteiger partial charge in [0.1, 0.15) is 0 Å². The SMILES string of the molecule is CCCCC(C)(CC)[C@@H](C)C(=O)OC(C)C. The van der Waals surface area contributed by atoms with Crippen LogP contribution in [0.2, 0.25) is 0 Å². The number of unbranched alkanes of at least 4 members (excludes halogenated alkanes) is 1. The molecule has 0 amide bonds. The van der Waals surface area contributed by atoms with Crippen molar-refractivity contribution in [2.24, 2.45) is 11.3 Å². The van der Waals surface area contributed by atoms with Gasteiger partial charge in [-0.05, 0) is 32.1 Å². The Kier molecular flexibility index (Phi) is 6.70. The summed E-state index contributed by atoms with van der Waals surface area (Å²) >= 11 is 0. The average Bonchev–Trinajstić information content (AvgIpc) is 2.23. The number of ether oxygens (including phenoxy) is 1. The second kappa shape index (κ2) is 6.93. The molecule has 0 spiro atoms. The van der Waals surface area contributed by atoms with Crippen LogP contribution >= 0.6 is 0 Å². The fourth-order valence-corrected chi connectivity index (χ4v) is 1.90. The largest absolute Gasteiger partial charge is 0.463 e. The monoisotopic (exact) mass is 228 g/mol. The van der Waals surface area contributed by atoms with Crippen molar-refractivity contribution >= 4 is 5.97 Å². The highest BCUT2D eigenvalue weighted by Crippen LogP contribution is 2.37. The van der Waals surface area contributed by atoms with Crippen LogP contribution in [-0.4, -0.2) is 12.1 Å². The molecule has 96 valence electrons. The van der Waals surface area contributed by atoms with E-state index in [-0.39, 0.29) is 23.4 Å². The molecule has 0 aliphatic carbocycles. The van der Waals surface area contributed by atoms with E-state index in [1.807, 2.05) is 20.8 Å². The molecule has 0 rings (SSSR count). The maximum Gasteiger partial charge on any atom is 0.309 e. The molecule has 2 atom stereocenters. The van der Waals surface area contributed by atoms with E-state index >= 15 is 0 Å². The van der Waals surface area contributed by atoms with Gasteiger partial charge in [-0.1, -0.05) is 40.5 Å². The van der Waals surface area contributed by atoms with Crippen LogP contribution in [0.4, 0.5) is 0 Å².